The Morgan fingerprint density at radius 3 is 2.24 bits per heavy atom. The Morgan fingerprint density at radius 2 is 1.55 bits per heavy atom. The minimum absolute atomic E-state index is 0.0389. The SMILES string of the molecule is CCOC(=O)CCC(=O)N1CCNC[C@H]1CN(Cc1cccc(C(=O)Nc2sc3c(c2C(=O)Nc2ccc(CCc4ccc(C(=O)OC)cc4)cc2)CCCC3)c1)C(CC)CC. The molecule has 330 valence electrons. The van der Waals surface area contributed by atoms with Gasteiger partial charge in [-0.1, -0.05) is 50.2 Å². The Kier molecular flexibility index (Phi) is 16.9. The molecule has 0 saturated carbocycles. The number of piperazine rings is 1. The molecule has 1 aromatic heterocycles. The first-order valence-electron chi connectivity index (χ1n) is 22.1. The third kappa shape index (κ3) is 12.2. The van der Waals surface area contributed by atoms with Crippen LogP contribution in [-0.4, -0.2) is 91.4 Å². The number of benzene rings is 3. The number of hydrogen-bond donors (Lipinski definition) is 3. The van der Waals surface area contributed by atoms with Crippen molar-refractivity contribution in [3.8, 4) is 0 Å². The second-order valence-electron chi connectivity index (χ2n) is 16.1. The number of thiophene rings is 1. The summed E-state index contributed by atoms with van der Waals surface area (Å²) in [5.74, 6) is -1.26. The van der Waals surface area contributed by atoms with E-state index in [1.807, 2.05) is 65.6 Å². The number of carbonyl (C=O) groups is 5. The van der Waals surface area contributed by atoms with Crippen molar-refractivity contribution in [1.82, 2.24) is 15.1 Å². The highest BCUT2D eigenvalue weighted by Gasteiger charge is 2.31. The number of esters is 2. The number of rotatable bonds is 19. The van der Waals surface area contributed by atoms with Gasteiger partial charge in [-0.15, -0.1) is 11.3 Å². The van der Waals surface area contributed by atoms with Gasteiger partial charge in [-0.3, -0.25) is 24.1 Å². The zero-order valence-electron chi connectivity index (χ0n) is 36.6. The van der Waals surface area contributed by atoms with Crippen molar-refractivity contribution in [2.75, 3.05) is 50.5 Å². The van der Waals surface area contributed by atoms with Gasteiger partial charge < -0.3 is 30.3 Å². The minimum Gasteiger partial charge on any atom is -0.466 e. The highest BCUT2D eigenvalue weighted by molar-refractivity contribution is 7.17. The van der Waals surface area contributed by atoms with Crippen molar-refractivity contribution in [3.05, 3.63) is 117 Å². The molecule has 0 radical (unpaired) electrons. The van der Waals surface area contributed by atoms with Gasteiger partial charge in [0.05, 0.1) is 37.3 Å². The number of hydrogen-bond acceptors (Lipinski definition) is 10. The number of methoxy groups -OCH3 is 1. The van der Waals surface area contributed by atoms with Crippen LogP contribution in [0.5, 0.6) is 0 Å². The lowest BCUT2D eigenvalue weighted by Crippen LogP contribution is -2.58. The summed E-state index contributed by atoms with van der Waals surface area (Å²) >= 11 is 1.50. The number of aryl methyl sites for hydroxylation is 3. The number of fused-ring (bicyclic) bond motifs is 1. The molecule has 2 heterocycles. The lowest BCUT2D eigenvalue weighted by atomic mass is 9.95. The van der Waals surface area contributed by atoms with E-state index < -0.39 is 0 Å². The molecule has 1 aliphatic heterocycles. The van der Waals surface area contributed by atoms with Crippen molar-refractivity contribution < 1.29 is 33.4 Å². The van der Waals surface area contributed by atoms with Crippen molar-refractivity contribution >= 4 is 51.7 Å². The number of anilines is 2. The Labute approximate surface area is 369 Å². The Hall–Kier alpha value is -5.37. The summed E-state index contributed by atoms with van der Waals surface area (Å²) in [6.45, 7) is 9.59. The molecule has 0 bridgehead atoms. The topological polar surface area (TPSA) is 146 Å². The molecule has 62 heavy (non-hydrogen) atoms. The van der Waals surface area contributed by atoms with Crippen LogP contribution in [0.4, 0.5) is 10.7 Å². The molecule has 3 N–H and O–H groups in total. The summed E-state index contributed by atoms with van der Waals surface area (Å²) < 4.78 is 9.85. The molecule has 3 aromatic carbocycles. The lowest BCUT2D eigenvalue weighted by Gasteiger charge is -2.41. The number of nitrogens with one attached hydrogen (secondary N) is 3. The molecule has 6 rings (SSSR count). The molecule has 3 amide bonds. The van der Waals surface area contributed by atoms with Gasteiger partial charge in [-0.05, 0) is 117 Å². The van der Waals surface area contributed by atoms with Crippen molar-refractivity contribution in [3.63, 3.8) is 0 Å². The maximum atomic E-state index is 14.1. The normalized spacial score (nSPS) is 14.9. The summed E-state index contributed by atoms with van der Waals surface area (Å²) in [6, 6.07) is 23.1. The average molecular weight is 864 g/mol. The van der Waals surface area contributed by atoms with Crippen LogP contribution < -0.4 is 16.0 Å². The largest absolute Gasteiger partial charge is 0.466 e. The van der Waals surface area contributed by atoms with Gasteiger partial charge in [0.15, 0.2) is 0 Å². The van der Waals surface area contributed by atoms with E-state index in [0.717, 1.165) is 78.5 Å². The van der Waals surface area contributed by atoms with Gasteiger partial charge >= 0.3 is 11.9 Å². The minimum atomic E-state index is -0.356. The fraction of sp³-hybridized carbons (Fsp3) is 0.449. The van der Waals surface area contributed by atoms with E-state index in [-0.39, 0.29) is 54.6 Å². The molecule has 1 aliphatic carbocycles. The molecule has 0 unspecified atom stereocenters. The van der Waals surface area contributed by atoms with Crippen LogP contribution >= 0.6 is 11.3 Å². The van der Waals surface area contributed by atoms with Gasteiger partial charge in [0.25, 0.3) is 11.8 Å². The second-order valence-corrected chi connectivity index (χ2v) is 17.2. The standard InChI is InChI=1S/C49H61N5O7S/c1-5-39(6-2)53(32-40-30-50-27-28-54(40)43(55)25-26-44(56)61-7-3)31-35-11-10-12-37(29-35)46(57)52-48-45(41-13-8-9-14-42(41)62-48)47(58)51-38-23-19-34(20-24-38)16-15-33-17-21-36(22-18-33)49(59)60-4/h10-12,17-24,29,39-40,50H,5-9,13-16,25-28,30-32H2,1-4H3,(H,51,58)(H,52,57)/t40-/m0/s1. The van der Waals surface area contributed by atoms with Crippen LogP contribution in [0.3, 0.4) is 0 Å². The van der Waals surface area contributed by atoms with Crippen LogP contribution in [-0.2, 0) is 51.3 Å². The monoisotopic (exact) mass is 863 g/mol. The number of carbonyl (C=O) groups excluding carboxylic acids is 5. The third-order valence-corrected chi connectivity index (χ3v) is 13.1. The molecule has 1 fully saturated rings. The molecule has 4 aromatic rings. The molecule has 2 aliphatic rings. The van der Waals surface area contributed by atoms with Gasteiger partial charge in [-0.2, -0.15) is 0 Å². The zero-order valence-corrected chi connectivity index (χ0v) is 37.4. The van der Waals surface area contributed by atoms with Crippen LogP contribution in [0.2, 0.25) is 0 Å². The van der Waals surface area contributed by atoms with E-state index in [1.54, 1.807) is 19.1 Å². The van der Waals surface area contributed by atoms with E-state index >= 15 is 0 Å². The first kappa shape index (κ1) is 46.1. The number of ether oxygens (including phenoxy) is 2. The summed E-state index contributed by atoms with van der Waals surface area (Å²) in [5.41, 5.74) is 6.48. The van der Waals surface area contributed by atoms with Gasteiger partial charge in [-0.25, -0.2) is 4.79 Å². The summed E-state index contributed by atoms with van der Waals surface area (Å²) in [6.07, 6.45) is 7.36. The zero-order chi connectivity index (χ0) is 44.0. The number of nitrogens with zero attached hydrogens (tertiary/aromatic N) is 2. The van der Waals surface area contributed by atoms with Gasteiger partial charge in [0, 0.05) is 61.3 Å². The van der Waals surface area contributed by atoms with E-state index in [4.69, 9.17) is 9.47 Å². The van der Waals surface area contributed by atoms with Crippen LogP contribution in [0.15, 0.2) is 72.8 Å². The van der Waals surface area contributed by atoms with E-state index in [9.17, 15) is 24.0 Å². The molecule has 13 heteroatoms. The van der Waals surface area contributed by atoms with Crippen LogP contribution in [0, 0.1) is 0 Å². The van der Waals surface area contributed by atoms with Crippen LogP contribution in [0.1, 0.15) is 118 Å². The molecular weight excluding hydrogens is 803 g/mol. The van der Waals surface area contributed by atoms with Gasteiger partial charge in [0.1, 0.15) is 5.00 Å². The summed E-state index contributed by atoms with van der Waals surface area (Å²) in [5, 5.41) is 10.3. The summed E-state index contributed by atoms with van der Waals surface area (Å²) in [4.78, 5) is 70.7. The summed E-state index contributed by atoms with van der Waals surface area (Å²) in [7, 11) is 1.37. The van der Waals surface area contributed by atoms with E-state index in [2.05, 4.69) is 34.7 Å². The Balaban J connectivity index is 1.12. The fourth-order valence-corrected chi connectivity index (χ4v) is 9.82. The second kappa shape index (κ2) is 22.6. The van der Waals surface area contributed by atoms with E-state index in [0.29, 0.717) is 66.7 Å². The number of amides is 3. The highest BCUT2D eigenvalue weighted by Crippen LogP contribution is 2.39. The molecule has 12 nitrogen and oxygen atoms in total. The predicted octanol–water partition coefficient (Wildman–Crippen LogP) is 7.84. The maximum absolute atomic E-state index is 14.1. The lowest BCUT2D eigenvalue weighted by molar-refractivity contribution is -0.146. The fourth-order valence-electron chi connectivity index (χ4n) is 8.53. The predicted molar refractivity (Wildman–Crippen MR) is 244 cm³/mol. The van der Waals surface area contributed by atoms with Crippen molar-refractivity contribution in [2.45, 2.75) is 104 Å². The van der Waals surface area contributed by atoms with Crippen molar-refractivity contribution in [2.24, 2.45) is 0 Å². The van der Waals surface area contributed by atoms with Crippen LogP contribution in [0.25, 0.3) is 0 Å². The Bertz CT molecular complexity index is 2170. The average Bonchev–Trinajstić information content (AvgIpc) is 3.66. The smallest absolute Gasteiger partial charge is 0.337 e. The van der Waals surface area contributed by atoms with Crippen molar-refractivity contribution in [1.29, 1.82) is 0 Å². The van der Waals surface area contributed by atoms with E-state index in [1.165, 1.54) is 18.4 Å². The van der Waals surface area contributed by atoms with Gasteiger partial charge in [0.2, 0.25) is 5.91 Å². The third-order valence-electron chi connectivity index (χ3n) is 11.9. The quantitative estimate of drug-likeness (QED) is 0.0803. The highest BCUT2D eigenvalue weighted by atomic mass is 32.1. The Morgan fingerprint density at radius 1 is 0.839 bits per heavy atom. The molecule has 1 atom stereocenters. The maximum Gasteiger partial charge on any atom is 0.337 e. The first-order valence-corrected chi connectivity index (χ1v) is 22.9. The first-order chi connectivity index (χ1) is 30.1. The molecule has 0 spiro atoms. The molecular formula is C49H61N5O7S. The molecule has 1 saturated heterocycles.